The number of imide groups is 1. The number of urea groups is 1. The normalized spacial score (nSPS) is 27.3. The third-order valence-corrected chi connectivity index (χ3v) is 2.04. The van der Waals surface area contributed by atoms with E-state index in [9.17, 15) is 14.0 Å². The molecule has 0 aromatic rings. The van der Waals surface area contributed by atoms with Gasteiger partial charge in [-0.25, -0.2) is 9.18 Å². The molecule has 0 aliphatic carbocycles. The molecule has 3 amide bonds. The fourth-order valence-corrected chi connectivity index (χ4v) is 1.10. The van der Waals surface area contributed by atoms with Crippen molar-refractivity contribution in [2.75, 3.05) is 13.2 Å². The van der Waals surface area contributed by atoms with Crippen LogP contribution < -0.4 is 5.32 Å². The third-order valence-electron chi connectivity index (χ3n) is 2.04. The molecule has 0 saturated carbocycles. The van der Waals surface area contributed by atoms with Crippen molar-refractivity contribution in [2.24, 2.45) is 0 Å². The van der Waals surface area contributed by atoms with Crippen molar-refractivity contribution in [3.8, 4) is 6.07 Å². The van der Waals surface area contributed by atoms with Gasteiger partial charge in [0.05, 0.1) is 6.07 Å². The second-order valence-corrected chi connectivity index (χ2v) is 2.91. The van der Waals surface area contributed by atoms with Crippen LogP contribution in [0.3, 0.4) is 0 Å². The zero-order chi connectivity index (χ0) is 10.1. The van der Waals surface area contributed by atoms with Crippen LogP contribution in [0, 0.1) is 11.3 Å². The van der Waals surface area contributed by atoms with Gasteiger partial charge >= 0.3 is 6.03 Å². The predicted molar refractivity (Wildman–Crippen MR) is 40.2 cm³/mol. The summed E-state index contributed by atoms with van der Waals surface area (Å²) >= 11 is 0. The highest BCUT2D eigenvalue weighted by Gasteiger charge is 2.49. The second kappa shape index (κ2) is 3.01. The minimum atomic E-state index is -1.52. The monoisotopic (exact) mass is 185 g/mol. The zero-order valence-corrected chi connectivity index (χ0v) is 7.00. The van der Waals surface area contributed by atoms with Gasteiger partial charge in [-0.15, -0.1) is 0 Å². The number of nitriles is 1. The SMILES string of the molecule is CC1(CF)C(=O)NC(=O)N1CC#N. The number of halogens is 1. The number of hydrogen-bond donors (Lipinski definition) is 1. The first-order valence-electron chi connectivity index (χ1n) is 3.62. The molecule has 1 heterocycles. The van der Waals surface area contributed by atoms with Crippen molar-refractivity contribution in [2.45, 2.75) is 12.5 Å². The summed E-state index contributed by atoms with van der Waals surface area (Å²) in [6.45, 7) is -0.00514. The maximum Gasteiger partial charge on any atom is 0.325 e. The molecule has 0 radical (unpaired) electrons. The lowest BCUT2D eigenvalue weighted by atomic mass is 10.0. The Morgan fingerprint density at radius 3 is 2.77 bits per heavy atom. The van der Waals surface area contributed by atoms with E-state index >= 15 is 0 Å². The first-order chi connectivity index (χ1) is 6.06. The summed E-state index contributed by atoms with van der Waals surface area (Å²) in [6, 6.07) is 0.980. The molecule has 0 bridgehead atoms. The fourth-order valence-electron chi connectivity index (χ4n) is 1.10. The van der Waals surface area contributed by atoms with Gasteiger partial charge in [-0.3, -0.25) is 15.0 Å². The number of amides is 3. The molecule has 1 N–H and O–H groups in total. The molecule has 5 nitrogen and oxygen atoms in total. The summed E-state index contributed by atoms with van der Waals surface area (Å²) in [5.74, 6) is -0.699. The van der Waals surface area contributed by atoms with Gasteiger partial charge in [-0.2, -0.15) is 5.26 Å². The number of rotatable bonds is 2. The molecule has 0 spiro atoms. The van der Waals surface area contributed by atoms with Gasteiger partial charge in [0, 0.05) is 0 Å². The number of carbonyl (C=O) groups is 2. The number of hydrogen-bond acceptors (Lipinski definition) is 3. The van der Waals surface area contributed by atoms with Crippen molar-refractivity contribution >= 4 is 11.9 Å². The number of alkyl halides is 1. The van der Waals surface area contributed by atoms with E-state index in [0.29, 0.717) is 0 Å². The molecule has 1 aliphatic rings. The average molecular weight is 185 g/mol. The molecule has 1 saturated heterocycles. The van der Waals surface area contributed by atoms with Crippen LogP contribution in [0.4, 0.5) is 9.18 Å². The summed E-state index contributed by atoms with van der Waals surface area (Å²) in [5, 5.41) is 10.3. The number of nitrogens with zero attached hydrogens (tertiary/aromatic N) is 2. The fraction of sp³-hybridized carbons (Fsp3) is 0.571. The van der Waals surface area contributed by atoms with E-state index in [1.165, 1.54) is 6.92 Å². The predicted octanol–water partition coefficient (Wildman–Crippen LogP) is -0.210. The summed E-state index contributed by atoms with van der Waals surface area (Å²) in [6.07, 6.45) is 0. The molecule has 1 rings (SSSR count). The number of carbonyl (C=O) groups excluding carboxylic acids is 2. The first kappa shape index (κ1) is 9.45. The Kier molecular flexibility index (Phi) is 2.19. The highest BCUT2D eigenvalue weighted by Crippen LogP contribution is 2.21. The Morgan fingerprint density at radius 2 is 2.31 bits per heavy atom. The topological polar surface area (TPSA) is 73.2 Å². The summed E-state index contributed by atoms with van der Waals surface area (Å²) in [5.41, 5.74) is -1.52. The zero-order valence-electron chi connectivity index (χ0n) is 7.00. The molecule has 1 unspecified atom stereocenters. The maximum absolute atomic E-state index is 12.5. The highest BCUT2D eigenvalue weighted by atomic mass is 19.1. The molecular formula is C7H8FN3O2. The van der Waals surface area contributed by atoms with Crippen molar-refractivity contribution in [1.29, 1.82) is 5.26 Å². The van der Waals surface area contributed by atoms with Crippen LogP contribution in [0.1, 0.15) is 6.92 Å². The maximum atomic E-state index is 12.5. The van der Waals surface area contributed by atoms with E-state index in [-0.39, 0.29) is 6.54 Å². The van der Waals surface area contributed by atoms with Crippen LogP contribution >= 0.6 is 0 Å². The lowest BCUT2D eigenvalue weighted by Crippen LogP contribution is -2.49. The van der Waals surface area contributed by atoms with Crippen LogP contribution in [0.2, 0.25) is 0 Å². The Morgan fingerprint density at radius 1 is 1.69 bits per heavy atom. The van der Waals surface area contributed by atoms with Crippen LogP contribution in [-0.4, -0.2) is 35.6 Å². The molecule has 6 heteroatoms. The van der Waals surface area contributed by atoms with Crippen molar-refractivity contribution in [3.63, 3.8) is 0 Å². The van der Waals surface area contributed by atoms with E-state index in [2.05, 4.69) is 0 Å². The number of nitrogens with one attached hydrogen (secondary N) is 1. The first-order valence-corrected chi connectivity index (χ1v) is 3.62. The van der Waals surface area contributed by atoms with Gasteiger partial charge in [0.25, 0.3) is 5.91 Å². The molecule has 13 heavy (non-hydrogen) atoms. The Bertz CT molecular complexity index is 299. The Hall–Kier alpha value is -1.64. The van der Waals surface area contributed by atoms with Gasteiger partial charge in [0.15, 0.2) is 0 Å². The van der Waals surface area contributed by atoms with E-state index in [4.69, 9.17) is 5.26 Å². The minimum absolute atomic E-state index is 0.294. The summed E-state index contributed by atoms with van der Waals surface area (Å²) in [4.78, 5) is 23.0. The van der Waals surface area contributed by atoms with Crippen molar-refractivity contribution in [3.05, 3.63) is 0 Å². The quantitative estimate of drug-likeness (QED) is 0.478. The van der Waals surface area contributed by atoms with Gasteiger partial charge in [0.2, 0.25) is 0 Å². The Labute approximate surface area is 74.1 Å². The molecule has 1 aliphatic heterocycles. The van der Waals surface area contributed by atoms with Crippen LogP contribution in [0.5, 0.6) is 0 Å². The van der Waals surface area contributed by atoms with Gasteiger partial charge in [0.1, 0.15) is 18.8 Å². The lowest BCUT2D eigenvalue weighted by Gasteiger charge is -2.26. The smallest absolute Gasteiger partial charge is 0.294 e. The van der Waals surface area contributed by atoms with Crippen molar-refractivity contribution in [1.82, 2.24) is 10.2 Å². The highest BCUT2D eigenvalue weighted by molar-refractivity contribution is 6.06. The van der Waals surface area contributed by atoms with E-state index in [1.54, 1.807) is 6.07 Å². The molecule has 0 aromatic heterocycles. The third kappa shape index (κ3) is 1.22. The molecule has 0 aromatic carbocycles. The van der Waals surface area contributed by atoms with Gasteiger partial charge in [-0.1, -0.05) is 0 Å². The van der Waals surface area contributed by atoms with E-state index in [1.807, 2.05) is 5.32 Å². The largest absolute Gasteiger partial charge is 0.325 e. The van der Waals surface area contributed by atoms with Gasteiger partial charge < -0.3 is 0 Å². The van der Waals surface area contributed by atoms with E-state index in [0.717, 1.165) is 4.90 Å². The minimum Gasteiger partial charge on any atom is -0.294 e. The molecule has 1 atom stereocenters. The molecular weight excluding hydrogens is 177 g/mol. The van der Waals surface area contributed by atoms with Crippen LogP contribution in [-0.2, 0) is 4.79 Å². The molecule has 1 fully saturated rings. The lowest BCUT2D eigenvalue weighted by molar-refractivity contribution is -0.126. The van der Waals surface area contributed by atoms with Crippen molar-refractivity contribution < 1.29 is 14.0 Å². The summed E-state index contributed by atoms with van der Waals surface area (Å²) in [7, 11) is 0. The average Bonchev–Trinajstić information content (AvgIpc) is 2.31. The Balaban J connectivity index is 2.97. The van der Waals surface area contributed by atoms with Crippen LogP contribution in [0.15, 0.2) is 0 Å². The summed E-state index contributed by atoms with van der Waals surface area (Å²) < 4.78 is 12.5. The van der Waals surface area contributed by atoms with E-state index < -0.39 is 24.2 Å². The molecule has 70 valence electrons. The standard InChI is InChI=1S/C7H8FN3O2/c1-7(4-8)5(12)10-6(13)11(7)3-2-9/h3-4H2,1H3,(H,10,12,13). The van der Waals surface area contributed by atoms with Crippen LogP contribution in [0.25, 0.3) is 0 Å². The van der Waals surface area contributed by atoms with Gasteiger partial charge in [-0.05, 0) is 6.92 Å². The second-order valence-electron chi connectivity index (χ2n) is 2.91.